The molecule has 2 rings (SSSR count). The molecule has 0 aliphatic heterocycles. The molecule has 0 fully saturated rings. The van der Waals surface area contributed by atoms with Gasteiger partial charge in [-0.15, -0.1) is 0 Å². The molecule has 0 unspecified atom stereocenters. The summed E-state index contributed by atoms with van der Waals surface area (Å²) in [6.45, 7) is 2.90. The van der Waals surface area contributed by atoms with Gasteiger partial charge in [0.25, 0.3) is 0 Å². The summed E-state index contributed by atoms with van der Waals surface area (Å²) in [4.78, 5) is 8.84. The molecule has 0 spiro atoms. The molecule has 0 aliphatic rings. The van der Waals surface area contributed by atoms with Crippen molar-refractivity contribution in [2.45, 2.75) is 19.9 Å². The molecule has 0 amide bonds. The van der Waals surface area contributed by atoms with E-state index in [2.05, 4.69) is 46.5 Å². The number of rotatable bonds is 4. The van der Waals surface area contributed by atoms with Crippen LogP contribution in [0, 0.1) is 6.92 Å². The highest BCUT2D eigenvalue weighted by Gasteiger charge is 2.02. The van der Waals surface area contributed by atoms with E-state index in [1.54, 1.807) is 0 Å². The van der Waals surface area contributed by atoms with E-state index in [4.69, 9.17) is 0 Å². The summed E-state index contributed by atoms with van der Waals surface area (Å²) >= 11 is 0. The van der Waals surface area contributed by atoms with Crippen LogP contribution in [0.25, 0.3) is 0 Å². The van der Waals surface area contributed by atoms with E-state index in [0.717, 1.165) is 24.5 Å². The Kier molecular flexibility index (Phi) is 3.83. The summed E-state index contributed by atoms with van der Waals surface area (Å²) < 4.78 is 0. The van der Waals surface area contributed by atoms with Crippen LogP contribution < -0.4 is 5.32 Å². The summed E-state index contributed by atoms with van der Waals surface area (Å²) in [6, 6.07) is 10.3. The zero-order valence-corrected chi connectivity index (χ0v) is 10.3. The van der Waals surface area contributed by atoms with E-state index < -0.39 is 0 Å². The maximum Gasteiger partial charge on any atom is 0.132 e. The summed E-state index contributed by atoms with van der Waals surface area (Å²) in [5.41, 5.74) is 3.61. The summed E-state index contributed by atoms with van der Waals surface area (Å²) in [5, 5.41) is 3.10. The molecular weight excluding hydrogens is 210 g/mol. The van der Waals surface area contributed by atoms with Crippen molar-refractivity contribution in [3.8, 4) is 0 Å². The van der Waals surface area contributed by atoms with Crippen LogP contribution in [0.3, 0.4) is 0 Å². The van der Waals surface area contributed by atoms with Crippen LogP contribution in [0.5, 0.6) is 0 Å². The first-order valence-corrected chi connectivity index (χ1v) is 5.79. The first-order valence-electron chi connectivity index (χ1n) is 5.79. The molecule has 3 heteroatoms. The van der Waals surface area contributed by atoms with E-state index in [9.17, 15) is 0 Å². The van der Waals surface area contributed by atoms with Crippen molar-refractivity contribution >= 4 is 0 Å². The molecule has 17 heavy (non-hydrogen) atoms. The number of nitrogens with one attached hydrogen (secondary N) is 1. The van der Waals surface area contributed by atoms with Crippen LogP contribution in [0.15, 0.2) is 36.5 Å². The van der Waals surface area contributed by atoms with Crippen LogP contribution >= 0.6 is 0 Å². The molecule has 1 aromatic carbocycles. The van der Waals surface area contributed by atoms with Crippen molar-refractivity contribution in [3.05, 3.63) is 59.2 Å². The van der Waals surface area contributed by atoms with Crippen LogP contribution in [0.4, 0.5) is 0 Å². The van der Waals surface area contributed by atoms with E-state index >= 15 is 0 Å². The largest absolute Gasteiger partial charge is 0.314 e. The fourth-order valence-corrected chi connectivity index (χ4v) is 1.78. The molecule has 1 aromatic heterocycles. The molecule has 2 aromatic rings. The highest BCUT2D eigenvalue weighted by atomic mass is 14.9. The number of nitrogens with zero attached hydrogens (tertiary/aromatic N) is 2. The molecule has 3 nitrogen and oxygen atoms in total. The van der Waals surface area contributed by atoms with E-state index in [1.807, 2.05) is 19.3 Å². The lowest BCUT2D eigenvalue weighted by Gasteiger charge is -2.05. The second-order valence-electron chi connectivity index (χ2n) is 4.10. The lowest BCUT2D eigenvalue weighted by molar-refractivity contribution is 0.772. The molecule has 1 heterocycles. The SMILES string of the molecule is CNCc1ccnc(Cc2ccccc2C)n1. The van der Waals surface area contributed by atoms with Gasteiger partial charge in [0.15, 0.2) is 0 Å². The highest BCUT2D eigenvalue weighted by molar-refractivity contribution is 5.28. The number of benzene rings is 1. The average molecular weight is 227 g/mol. The molecule has 0 bridgehead atoms. The van der Waals surface area contributed by atoms with Crippen molar-refractivity contribution in [2.75, 3.05) is 7.05 Å². The van der Waals surface area contributed by atoms with Gasteiger partial charge in [0, 0.05) is 19.2 Å². The topological polar surface area (TPSA) is 37.8 Å². The molecule has 0 saturated heterocycles. The Balaban J connectivity index is 2.18. The predicted octanol–water partition coefficient (Wildman–Crippen LogP) is 2.10. The molecule has 0 saturated carbocycles. The van der Waals surface area contributed by atoms with Crippen molar-refractivity contribution in [1.29, 1.82) is 0 Å². The van der Waals surface area contributed by atoms with Gasteiger partial charge in [-0.25, -0.2) is 9.97 Å². The van der Waals surface area contributed by atoms with Crippen molar-refractivity contribution < 1.29 is 0 Å². The van der Waals surface area contributed by atoms with Crippen LogP contribution in [0.1, 0.15) is 22.6 Å². The van der Waals surface area contributed by atoms with Gasteiger partial charge in [0.2, 0.25) is 0 Å². The van der Waals surface area contributed by atoms with E-state index in [-0.39, 0.29) is 0 Å². The van der Waals surface area contributed by atoms with Crippen LogP contribution in [-0.4, -0.2) is 17.0 Å². The Bertz CT molecular complexity index is 494. The minimum atomic E-state index is 0.781. The van der Waals surface area contributed by atoms with Crippen LogP contribution in [-0.2, 0) is 13.0 Å². The molecule has 1 N–H and O–H groups in total. The number of aryl methyl sites for hydroxylation is 1. The maximum absolute atomic E-state index is 4.53. The fourth-order valence-electron chi connectivity index (χ4n) is 1.78. The second kappa shape index (κ2) is 5.55. The van der Waals surface area contributed by atoms with Gasteiger partial charge in [-0.2, -0.15) is 0 Å². The Morgan fingerprint density at radius 2 is 2.00 bits per heavy atom. The van der Waals surface area contributed by atoms with Gasteiger partial charge in [-0.05, 0) is 31.2 Å². The lowest BCUT2D eigenvalue weighted by atomic mass is 10.1. The first kappa shape index (κ1) is 11.7. The monoisotopic (exact) mass is 227 g/mol. The lowest BCUT2D eigenvalue weighted by Crippen LogP contribution is -2.09. The first-order chi connectivity index (χ1) is 8.29. The second-order valence-corrected chi connectivity index (χ2v) is 4.10. The Morgan fingerprint density at radius 3 is 2.76 bits per heavy atom. The molecule has 0 aliphatic carbocycles. The van der Waals surface area contributed by atoms with E-state index in [0.29, 0.717) is 0 Å². The number of hydrogen-bond donors (Lipinski definition) is 1. The van der Waals surface area contributed by atoms with E-state index in [1.165, 1.54) is 11.1 Å². The third-order valence-corrected chi connectivity index (χ3v) is 2.73. The normalized spacial score (nSPS) is 10.5. The van der Waals surface area contributed by atoms with Crippen molar-refractivity contribution in [3.63, 3.8) is 0 Å². The van der Waals surface area contributed by atoms with Crippen molar-refractivity contribution in [1.82, 2.24) is 15.3 Å². The predicted molar refractivity (Wildman–Crippen MR) is 68.8 cm³/mol. The molecule has 0 radical (unpaired) electrons. The minimum Gasteiger partial charge on any atom is -0.314 e. The summed E-state index contributed by atoms with van der Waals surface area (Å²) in [7, 11) is 1.92. The maximum atomic E-state index is 4.53. The number of hydrogen-bond acceptors (Lipinski definition) is 3. The van der Waals surface area contributed by atoms with Crippen molar-refractivity contribution in [2.24, 2.45) is 0 Å². The minimum absolute atomic E-state index is 0.781. The third kappa shape index (κ3) is 3.11. The Morgan fingerprint density at radius 1 is 1.18 bits per heavy atom. The fraction of sp³-hybridized carbons (Fsp3) is 0.286. The van der Waals surface area contributed by atoms with Gasteiger partial charge >= 0.3 is 0 Å². The quantitative estimate of drug-likeness (QED) is 0.869. The van der Waals surface area contributed by atoms with Crippen LogP contribution in [0.2, 0.25) is 0 Å². The number of aromatic nitrogens is 2. The van der Waals surface area contributed by atoms with Gasteiger partial charge in [0.1, 0.15) is 5.82 Å². The van der Waals surface area contributed by atoms with Gasteiger partial charge in [-0.3, -0.25) is 0 Å². The average Bonchev–Trinajstić information content (AvgIpc) is 2.33. The molecule has 0 atom stereocenters. The van der Waals surface area contributed by atoms with Gasteiger partial charge in [-0.1, -0.05) is 24.3 Å². The summed E-state index contributed by atoms with van der Waals surface area (Å²) in [6.07, 6.45) is 2.62. The zero-order chi connectivity index (χ0) is 12.1. The smallest absolute Gasteiger partial charge is 0.132 e. The Labute approximate surface area is 102 Å². The zero-order valence-electron chi connectivity index (χ0n) is 10.3. The molecule has 88 valence electrons. The standard InChI is InChI=1S/C14H17N3/c1-11-5-3-4-6-12(11)9-14-16-8-7-13(17-14)10-15-2/h3-8,15H,9-10H2,1-2H3. The molecular formula is C14H17N3. The summed E-state index contributed by atoms with van der Waals surface area (Å²) in [5.74, 6) is 0.882. The Hall–Kier alpha value is -1.74. The highest BCUT2D eigenvalue weighted by Crippen LogP contribution is 2.10. The third-order valence-electron chi connectivity index (χ3n) is 2.73. The van der Waals surface area contributed by atoms with Gasteiger partial charge < -0.3 is 5.32 Å². The van der Waals surface area contributed by atoms with Gasteiger partial charge in [0.05, 0.1) is 5.69 Å².